The molecule has 1 fully saturated rings. The minimum atomic E-state index is -0.286. The SMILES string of the molecule is COc1ccc(OCc2nnc(SC(C)C(=O)NCC3CCCCC3)n2-c2ccccc2)cc1. The molecule has 1 N–H and O–H groups in total. The Balaban J connectivity index is 1.44. The quantitative estimate of drug-likeness (QED) is 0.410. The van der Waals surface area contributed by atoms with Gasteiger partial charge in [-0.25, -0.2) is 0 Å². The Morgan fingerprint density at radius 2 is 1.76 bits per heavy atom. The number of amides is 1. The van der Waals surface area contributed by atoms with Crippen molar-refractivity contribution in [1.29, 1.82) is 0 Å². The Hall–Kier alpha value is -3.00. The zero-order valence-corrected chi connectivity index (χ0v) is 20.6. The van der Waals surface area contributed by atoms with Crippen LogP contribution in [0, 0.1) is 5.92 Å². The monoisotopic (exact) mass is 480 g/mol. The second kappa shape index (κ2) is 11.9. The van der Waals surface area contributed by atoms with Crippen molar-refractivity contribution in [3.63, 3.8) is 0 Å². The zero-order valence-electron chi connectivity index (χ0n) is 19.8. The number of para-hydroxylation sites is 1. The lowest BCUT2D eigenvalue weighted by molar-refractivity contribution is -0.120. The van der Waals surface area contributed by atoms with Gasteiger partial charge in [-0.1, -0.05) is 49.2 Å². The van der Waals surface area contributed by atoms with E-state index in [9.17, 15) is 4.79 Å². The number of hydrogen-bond donors (Lipinski definition) is 1. The molecule has 4 rings (SSSR count). The summed E-state index contributed by atoms with van der Waals surface area (Å²) in [5.41, 5.74) is 0.929. The van der Waals surface area contributed by atoms with Crippen molar-refractivity contribution in [3.05, 3.63) is 60.4 Å². The van der Waals surface area contributed by atoms with Crippen LogP contribution in [0.25, 0.3) is 5.69 Å². The zero-order chi connectivity index (χ0) is 23.8. The van der Waals surface area contributed by atoms with Gasteiger partial charge in [0.1, 0.15) is 18.1 Å². The molecule has 1 aromatic heterocycles. The summed E-state index contributed by atoms with van der Waals surface area (Å²) < 4.78 is 13.1. The highest BCUT2D eigenvalue weighted by Crippen LogP contribution is 2.27. The maximum atomic E-state index is 12.8. The van der Waals surface area contributed by atoms with Crippen LogP contribution in [0.4, 0.5) is 0 Å². The standard InChI is InChI=1S/C26H32N4O3S/c1-19(25(31)27-17-20-9-5-3-6-10-20)34-26-29-28-24(30(26)21-11-7-4-8-12-21)18-33-23-15-13-22(32-2)14-16-23/h4,7-8,11-16,19-20H,3,5-6,9-10,17-18H2,1-2H3,(H,27,31). The normalized spacial score (nSPS) is 15.0. The average molecular weight is 481 g/mol. The van der Waals surface area contributed by atoms with Crippen LogP contribution in [0.2, 0.25) is 0 Å². The molecule has 1 aliphatic carbocycles. The fourth-order valence-electron chi connectivity index (χ4n) is 4.12. The highest BCUT2D eigenvalue weighted by molar-refractivity contribution is 8.00. The number of thioether (sulfide) groups is 1. The molecule has 1 saturated carbocycles. The molecule has 8 heteroatoms. The molecule has 1 aliphatic rings. The molecule has 0 spiro atoms. The van der Waals surface area contributed by atoms with E-state index in [1.165, 1.54) is 43.9 Å². The van der Waals surface area contributed by atoms with Gasteiger partial charge in [0.2, 0.25) is 5.91 Å². The largest absolute Gasteiger partial charge is 0.497 e. The molecule has 0 bridgehead atoms. The van der Waals surface area contributed by atoms with Gasteiger partial charge in [0.05, 0.1) is 12.4 Å². The number of benzene rings is 2. The second-order valence-electron chi connectivity index (χ2n) is 8.54. The molecule has 3 aromatic rings. The highest BCUT2D eigenvalue weighted by Gasteiger charge is 2.22. The topological polar surface area (TPSA) is 78.3 Å². The molecule has 34 heavy (non-hydrogen) atoms. The van der Waals surface area contributed by atoms with Crippen molar-refractivity contribution in [2.45, 2.75) is 56.0 Å². The first-order chi connectivity index (χ1) is 16.6. The van der Waals surface area contributed by atoms with Crippen molar-refractivity contribution in [3.8, 4) is 17.2 Å². The van der Waals surface area contributed by atoms with Crippen LogP contribution in [0.1, 0.15) is 44.9 Å². The third-order valence-electron chi connectivity index (χ3n) is 6.08. The number of carbonyl (C=O) groups is 1. The number of nitrogens with zero attached hydrogens (tertiary/aromatic N) is 3. The Labute approximate surface area is 205 Å². The van der Waals surface area contributed by atoms with Crippen molar-refractivity contribution in [2.75, 3.05) is 13.7 Å². The summed E-state index contributed by atoms with van der Waals surface area (Å²) in [5, 5.41) is 12.3. The first-order valence-electron chi connectivity index (χ1n) is 11.8. The molecule has 180 valence electrons. The van der Waals surface area contributed by atoms with E-state index in [1.54, 1.807) is 7.11 Å². The van der Waals surface area contributed by atoms with Crippen LogP contribution in [0.5, 0.6) is 11.5 Å². The first-order valence-corrected chi connectivity index (χ1v) is 12.7. The number of ether oxygens (including phenoxy) is 2. The van der Waals surface area contributed by atoms with Gasteiger partial charge in [-0.15, -0.1) is 10.2 Å². The lowest BCUT2D eigenvalue weighted by Crippen LogP contribution is -2.35. The molecular formula is C26H32N4O3S. The Kier molecular flexibility index (Phi) is 8.46. The molecule has 1 heterocycles. The molecule has 0 saturated heterocycles. The van der Waals surface area contributed by atoms with Crippen molar-refractivity contribution < 1.29 is 14.3 Å². The number of nitrogens with one attached hydrogen (secondary N) is 1. The number of rotatable bonds is 10. The third-order valence-corrected chi connectivity index (χ3v) is 7.13. The van der Waals surface area contributed by atoms with E-state index < -0.39 is 0 Å². The average Bonchev–Trinajstić information content (AvgIpc) is 3.29. The van der Waals surface area contributed by atoms with Crippen LogP contribution in [-0.2, 0) is 11.4 Å². The van der Waals surface area contributed by atoms with Crippen LogP contribution in [0.3, 0.4) is 0 Å². The Morgan fingerprint density at radius 1 is 1.06 bits per heavy atom. The van der Waals surface area contributed by atoms with Gasteiger partial charge in [-0.05, 0) is 62.1 Å². The number of aromatic nitrogens is 3. The number of methoxy groups -OCH3 is 1. The fourth-order valence-corrected chi connectivity index (χ4v) is 5.03. The molecule has 7 nitrogen and oxygen atoms in total. The van der Waals surface area contributed by atoms with E-state index in [1.807, 2.05) is 66.1 Å². The summed E-state index contributed by atoms with van der Waals surface area (Å²) in [6.07, 6.45) is 6.28. The molecule has 1 amide bonds. The van der Waals surface area contributed by atoms with E-state index in [0.29, 0.717) is 22.6 Å². The first kappa shape index (κ1) is 24.1. The van der Waals surface area contributed by atoms with E-state index in [2.05, 4.69) is 15.5 Å². The Morgan fingerprint density at radius 3 is 2.47 bits per heavy atom. The summed E-state index contributed by atoms with van der Waals surface area (Å²) in [6, 6.07) is 17.3. The molecule has 0 aliphatic heterocycles. The molecular weight excluding hydrogens is 448 g/mol. The van der Waals surface area contributed by atoms with Crippen molar-refractivity contribution >= 4 is 17.7 Å². The Bertz CT molecular complexity index is 1050. The minimum absolute atomic E-state index is 0.0363. The summed E-state index contributed by atoms with van der Waals surface area (Å²) in [4.78, 5) is 12.8. The van der Waals surface area contributed by atoms with Gasteiger partial charge < -0.3 is 14.8 Å². The lowest BCUT2D eigenvalue weighted by atomic mass is 9.89. The van der Waals surface area contributed by atoms with Crippen LogP contribution < -0.4 is 14.8 Å². The van der Waals surface area contributed by atoms with Crippen LogP contribution >= 0.6 is 11.8 Å². The summed E-state index contributed by atoms with van der Waals surface area (Å²) in [7, 11) is 1.63. The fraction of sp³-hybridized carbons (Fsp3) is 0.423. The molecule has 1 atom stereocenters. The highest BCUT2D eigenvalue weighted by atomic mass is 32.2. The van der Waals surface area contributed by atoms with Crippen molar-refractivity contribution in [1.82, 2.24) is 20.1 Å². The third kappa shape index (κ3) is 6.32. The van der Waals surface area contributed by atoms with Gasteiger partial charge in [0.15, 0.2) is 11.0 Å². The van der Waals surface area contributed by atoms with Crippen LogP contribution in [0.15, 0.2) is 59.8 Å². The summed E-state index contributed by atoms with van der Waals surface area (Å²) >= 11 is 1.41. The molecule has 0 radical (unpaired) electrons. The second-order valence-corrected chi connectivity index (χ2v) is 9.85. The molecule has 1 unspecified atom stereocenters. The van der Waals surface area contributed by atoms with E-state index in [0.717, 1.165) is 18.0 Å². The van der Waals surface area contributed by atoms with E-state index in [-0.39, 0.29) is 17.8 Å². The van der Waals surface area contributed by atoms with Gasteiger partial charge >= 0.3 is 0 Å². The predicted molar refractivity (Wildman–Crippen MR) is 134 cm³/mol. The maximum Gasteiger partial charge on any atom is 0.233 e. The molecule has 2 aromatic carbocycles. The van der Waals surface area contributed by atoms with Crippen molar-refractivity contribution in [2.24, 2.45) is 5.92 Å². The van der Waals surface area contributed by atoms with Gasteiger partial charge in [-0.3, -0.25) is 9.36 Å². The maximum absolute atomic E-state index is 12.8. The minimum Gasteiger partial charge on any atom is -0.497 e. The number of carbonyl (C=O) groups excluding carboxylic acids is 1. The van der Waals surface area contributed by atoms with Gasteiger partial charge in [0, 0.05) is 12.2 Å². The smallest absolute Gasteiger partial charge is 0.233 e. The van der Waals surface area contributed by atoms with Crippen LogP contribution in [-0.4, -0.2) is 39.6 Å². The van der Waals surface area contributed by atoms with Gasteiger partial charge in [0.25, 0.3) is 0 Å². The predicted octanol–water partition coefficient (Wildman–Crippen LogP) is 5.03. The van der Waals surface area contributed by atoms with E-state index >= 15 is 0 Å². The van der Waals surface area contributed by atoms with Gasteiger partial charge in [-0.2, -0.15) is 0 Å². The van der Waals surface area contributed by atoms with E-state index in [4.69, 9.17) is 9.47 Å². The lowest BCUT2D eigenvalue weighted by Gasteiger charge is -2.22. The number of hydrogen-bond acceptors (Lipinski definition) is 6. The summed E-state index contributed by atoms with van der Waals surface area (Å²) in [5.74, 6) is 2.79. The summed E-state index contributed by atoms with van der Waals surface area (Å²) in [6.45, 7) is 2.92.